The molecule has 1 aromatic rings. The number of hydrogen-bond acceptors (Lipinski definition) is 4. The summed E-state index contributed by atoms with van der Waals surface area (Å²) in [4.78, 5) is 28.2. The Hall–Kier alpha value is -1.48. The molecule has 0 atom stereocenters. The lowest BCUT2D eigenvalue weighted by Gasteiger charge is -2.30. The zero-order valence-electron chi connectivity index (χ0n) is 12.3. The number of carbonyl (C=O) groups is 2. The molecule has 1 aromatic heterocycles. The van der Waals surface area contributed by atoms with Gasteiger partial charge < -0.3 is 10.0 Å². The van der Waals surface area contributed by atoms with E-state index in [9.17, 15) is 22.8 Å². The van der Waals surface area contributed by atoms with E-state index in [1.807, 2.05) is 0 Å². The summed E-state index contributed by atoms with van der Waals surface area (Å²) < 4.78 is 37.6. The molecule has 10 heteroatoms. The smallest absolute Gasteiger partial charge is 0.417 e. The van der Waals surface area contributed by atoms with E-state index >= 15 is 0 Å². The SMILES string of the molecule is O=C(O)C1CCN(C(=O)CSc2ncc(C(F)(F)F)cc2Cl)CC1. The van der Waals surface area contributed by atoms with E-state index in [2.05, 4.69) is 4.98 Å². The van der Waals surface area contributed by atoms with Crippen molar-refractivity contribution in [3.8, 4) is 0 Å². The molecule has 2 heterocycles. The van der Waals surface area contributed by atoms with Crippen LogP contribution < -0.4 is 0 Å². The summed E-state index contributed by atoms with van der Waals surface area (Å²) in [5.74, 6) is -1.54. The minimum atomic E-state index is -4.52. The molecule has 0 radical (unpaired) electrons. The Labute approximate surface area is 145 Å². The highest BCUT2D eigenvalue weighted by atomic mass is 35.5. The number of pyridine rings is 1. The van der Waals surface area contributed by atoms with Crippen LogP contribution in [-0.2, 0) is 15.8 Å². The van der Waals surface area contributed by atoms with Crippen molar-refractivity contribution in [1.29, 1.82) is 0 Å². The number of rotatable bonds is 4. The molecule has 5 nitrogen and oxygen atoms in total. The number of nitrogens with zero attached hydrogens (tertiary/aromatic N) is 2. The lowest BCUT2D eigenvalue weighted by molar-refractivity contribution is -0.145. The first kappa shape index (κ1) is 18.9. The number of amides is 1. The molecule has 1 N–H and O–H groups in total. The number of carbonyl (C=O) groups excluding carboxylic acids is 1. The van der Waals surface area contributed by atoms with E-state index in [4.69, 9.17) is 16.7 Å². The predicted octanol–water partition coefficient (Wildman–Crippen LogP) is 3.17. The van der Waals surface area contributed by atoms with Crippen LogP contribution in [0.15, 0.2) is 17.3 Å². The summed E-state index contributed by atoms with van der Waals surface area (Å²) >= 11 is 6.74. The average molecular weight is 383 g/mol. The Kier molecular flexibility index (Phi) is 5.97. The molecular formula is C14H14ClF3N2O3S. The van der Waals surface area contributed by atoms with Gasteiger partial charge in [0.25, 0.3) is 0 Å². The second-order valence-corrected chi connectivity index (χ2v) is 6.66. The second kappa shape index (κ2) is 7.60. The zero-order valence-corrected chi connectivity index (χ0v) is 13.9. The Morgan fingerprint density at radius 2 is 2.00 bits per heavy atom. The van der Waals surface area contributed by atoms with Crippen molar-refractivity contribution >= 4 is 35.2 Å². The van der Waals surface area contributed by atoms with Gasteiger partial charge in [-0.2, -0.15) is 13.2 Å². The molecule has 0 aliphatic carbocycles. The van der Waals surface area contributed by atoms with Gasteiger partial charge in [-0.3, -0.25) is 9.59 Å². The number of carboxylic acids is 1. The quantitative estimate of drug-likeness (QED) is 0.810. The van der Waals surface area contributed by atoms with Gasteiger partial charge in [0.15, 0.2) is 0 Å². The van der Waals surface area contributed by atoms with Gasteiger partial charge in [0, 0.05) is 19.3 Å². The van der Waals surface area contributed by atoms with Gasteiger partial charge >= 0.3 is 12.1 Å². The third-order valence-corrected chi connectivity index (χ3v) is 5.05. The minimum Gasteiger partial charge on any atom is -0.481 e. The van der Waals surface area contributed by atoms with Crippen molar-refractivity contribution in [3.63, 3.8) is 0 Å². The lowest BCUT2D eigenvalue weighted by Crippen LogP contribution is -2.41. The van der Waals surface area contributed by atoms with Gasteiger partial charge in [0.05, 0.1) is 22.3 Å². The Morgan fingerprint density at radius 1 is 1.38 bits per heavy atom. The van der Waals surface area contributed by atoms with Crippen LogP contribution in [0.4, 0.5) is 13.2 Å². The van der Waals surface area contributed by atoms with E-state index in [-0.39, 0.29) is 21.7 Å². The lowest BCUT2D eigenvalue weighted by atomic mass is 9.97. The van der Waals surface area contributed by atoms with Crippen LogP contribution in [0.1, 0.15) is 18.4 Å². The molecule has 2 rings (SSSR count). The topological polar surface area (TPSA) is 70.5 Å². The maximum atomic E-state index is 12.5. The van der Waals surface area contributed by atoms with Crippen molar-refractivity contribution in [2.75, 3.05) is 18.8 Å². The van der Waals surface area contributed by atoms with Crippen LogP contribution in [0, 0.1) is 5.92 Å². The molecule has 132 valence electrons. The van der Waals surface area contributed by atoms with Crippen LogP contribution in [0.2, 0.25) is 5.02 Å². The van der Waals surface area contributed by atoms with E-state index in [0.29, 0.717) is 32.1 Å². The average Bonchev–Trinajstić information content (AvgIpc) is 2.52. The molecule has 0 unspecified atom stereocenters. The normalized spacial score (nSPS) is 16.2. The molecule has 1 saturated heterocycles. The van der Waals surface area contributed by atoms with Crippen molar-refractivity contribution in [1.82, 2.24) is 9.88 Å². The molecule has 1 aliphatic rings. The fourth-order valence-corrected chi connectivity index (χ4v) is 3.38. The highest BCUT2D eigenvalue weighted by Gasteiger charge is 2.32. The Balaban J connectivity index is 1.89. The number of likely N-dealkylation sites (tertiary alicyclic amines) is 1. The molecule has 1 fully saturated rings. The zero-order chi connectivity index (χ0) is 17.9. The minimum absolute atomic E-state index is 0.0180. The van der Waals surface area contributed by atoms with Crippen LogP contribution in [0.5, 0.6) is 0 Å². The van der Waals surface area contributed by atoms with Gasteiger partial charge in [0.2, 0.25) is 5.91 Å². The monoisotopic (exact) mass is 382 g/mol. The summed E-state index contributed by atoms with van der Waals surface area (Å²) in [6, 6.07) is 0.777. The molecule has 0 bridgehead atoms. The largest absolute Gasteiger partial charge is 0.481 e. The predicted molar refractivity (Wildman–Crippen MR) is 81.9 cm³/mol. The summed E-state index contributed by atoms with van der Waals surface area (Å²) in [7, 11) is 0. The van der Waals surface area contributed by atoms with Crippen LogP contribution in [-0.4, -0.2) is 45.7 Å². The van der Waals surface area contributed by atoms with Crippen LogP contribution in [0.3, 0.4) is 0 Å². The van der Waals surface area contributed by atoms with Gasteiger partial charge in [-0.05, 0) is 18.9 Å². The molecule has 0 aromatic carbocycles. The van der Waals surface area contributed by atoms with Gasteiger partial charge in [-0.1, -0.05) is 23.4 Å². The van der Waals surface area contributed by atoms with Crippen LogP contribution in [0.25, 0.3) is 0 Å². The Bertz CT molecular complexity index is 634. The number of hydrogen-bond donors (Lipinski definition) is 1. The highest BCUT2D eigenvalue weighted by molar-refractivity contribution is 8.00. The number of carboxylic acid groups (broad SMARTS) is 1. The Morgan fingerprint density at radius 3 is 2.50 bits per heavy atom. The summed E-state index contributed by atoms with van der Waals surface area (Å²) in [6.07, 6.45) is -3.06. The number of thioether (sulfide) groups is 1. The number of halogens is 4. The first-order valence-electron chi connectivity index (χ1n) is 7.04. The molecule has 0 saturated carbocycles. The van der Waals surface area contributed by atoms with Crippen molar-refractivity contribution in [3.05, 3.63) is 22.8 Å². The van der Waals surface area contributed by atoms with Gasteiger partial charge in [-0.15, -0.1) is 0 Å². The summed E-state index contributed by atoms with van der Waals surface area (Å²) in [6.45, 7) is 0.703. The maximum absolute atomic E-state index is 12.5. The first-order valence-corrected chi connectivity index (χ1v) is 8.41. The number of piperidine rings is 1. The fourth-order valence-electron chi connectivity index (χ4n) is 2.28. The molecule has 1 aliphatic heterocycles. The second-order valence-electron chi connectivity index (χ2n) is 5.29. The van der Waals surface area contributed by atoms with Crippen molar-refractivity contribution in [2.24, 2.45) is 5.92 Å². The number of aromatic nitrogens is 1. The summed E-state index contributed by atoms with van der Waals surface area (Å²) in [5, 5.41) is 8.91. The highest BCUT2D eigenvalue weighted by Crippen LogP contribution is 2.33. The van der Waals surface area contributed by atoms with E-state index < -0.39 is 23.6 Å². The summed E-state index contributed by atoms with van der Waals surface area (Å²) in [5.41, 5.74) is -0.945. The van der Waals surface area contributed by atoms with Crippen molar-refractivity contribution < 1.29 is 27.9 Å². The number of aliphatic carboxylic acids is 1. The third kappa shape index (κ3) is 4.76. The van der Waals surface area contributed by atoms with E-state index in [0.717, 1.165) is 17.8 Å². The first-order chi connectivity index (χ1) is 11.2. The van der Waals surface area contributed by atoms with E-state index in [1.54, 1.807) is 4.90 Å². The maximum Gasteiger partial charge on any atom is 0.417 e. The van der Waals surface area contributed by atoms with Gasteiger partial charge in [0.1, 0.15) is 5.03 Å². The number of alkyl halides is 3. The molecule has 24 heavy (non-hydrogen) atoms. The fraction of sp³-hybridized carbons (Fsp3) is 0.500. The van der Waals surface area contributed by atoms with E-state index in [1.165, 1.54) is 0 Å². The third-order valence-electron chi connectivity index (χ3n) is 3.66. The standard InChI is InChI=1S/C14H14ClF3N2O3S/c15-10-5-9(14(16,17)18)6-19-12(10)24-7-11(21)20-3-1-8(2-4-20)13(22)23/h5-6,8H,1-4,7H2,(H,22,23). The van der Waals surface area contributed by atoms with Gasteiger partial charge in [-0.25, -0.2) is 4.98 Å². The molecule has 1 amide bonds. The molecule has 0 spiro atoms. The molecular weight excluding hydrogens is 369 g/mol. The van der Waals surface area contributed by atoms with Crippen molar-refractivity contribution in [2.45, 2.75) is 24.0 Å². The van der Waals surface area contributed by atoms with Crippen LogP contribution >= 0.6 is 23.4 Å².